The summed E-state index contributed by atoms with van der Waals surface area (Å²) in [5, 5.41) is 0.545. The van der Waals surface area contributed by atoms with E-state index in [0.29, 0.717) is 39.3 Å². The van der Waals surface area contributed by atoms with Crippen molar-refractivity contribution >= 4 is 17.2 Å². The Balaban J connectivity index is 1.80. The first-order valence-electron chi connectivity index (χ1n) is 9.85. The van der Waals surface area contributed by atoms with Crippen LogP contribution in [-0.4, -0.2) is 28.2 Å². The molecule has 172 valence electrons. The molecule has 2 aromatic heterocycles. The van der Waals surface area contributed by atoms with Crippen LogP contribution in [0.1, 0.15) is 18.4 Å². The van der Waals surface area contributed by atoms with Crippen molar-refractivity contribution in [2.24, 2.45) is 0 Å². The van der Waals surface area contributed by atoms with Gasteiger partial charge in [-0.15, -0.1) is 0 Å². The van der Waals surface area contributed by atoms with Crippen molar-refractivity contribution in [3.63, 3.8) is 0 Å². The van der Waals surface area contributed by atoms with E-state index in [4.69, 9.17) is 21.1 Å². The molecule has 0 unspecified atom stereocenters. The average molecular weight is 476 g/mol. The van der Waals surface area contributed by atoms with Crippen molar-refractivity contribution in [2.75, 3.05) is 7.11 Å². The number of nitrogens with one attached hydrogen (secondary N) is 1. The fourth-order valence-corrected chi connectivity index (χ4v) is 2.98. The highest BCUT2D eigenvalue weighted by Gasteiger charge is 2.21. The minimum absolute atomic E-state index is 0.170. The summed E-state index contributed by atoms with van der Waals surface area (Å²) in [6, 6.07) is 8.88. The lowest BCUT2D eigenvalue weighted by atomic mass is 10.1. The number of nitrogens with zero attached hydrogens (tertiary/aromatic N) is 2. The number of aromatic amines is 1. The van der Waals surface area contributed by atoms with Gasteiger partial charge in [0.15, 0.2) is 11.5 Å². The lowest BCUT2D eigenvalue weighted by Gasteiger charge is -2.11. The first-order valence-corrected chi connectivity index (χ1v) is 10.2. The van der Waals surface area contributed by atoms with Gasteiger partial charge in [-0.1, -0.05) is 35.9 Å². The molecule has 0 saturated carbocycles. The fraction of sp³-hybridized carbons (Fsp3) is 0.167. The zero-order valence-corrected chi connectivity index (χ0v) is 18.6. The summed E-state index contributed by atoms with van der Waals surface area (Å²) in [6.07, 6.45) is 4.63. The van der Waals surface area contributed by atoms with Gasteiger partial charge >= 0.3 is 6.18 Å². The Bertz CT molecular complexity index is 1170. The van der Waals surface area contributed by atoms with Crippen LogP contribution in [0.4, 0.5) is 13.2 Å². The van der Waals surface area contributed by atoms with E-state index in [-0.39, 0.29) is 12.7 Å². The van der Waals surface area contributed by atoms with E-state index in [1.165, 1.54) is 13.2 Å². The molecule has 0 aliphatic carbocycles. The first kappa shape index (κ1) is 24.1. The monoisotopic (exact) mass is 475 g/mol. The zero-order chi connectivity index (χ0) is 23.8. The van der Waals surface area contributed by atoms with Crippen LogP contribution in [0.3, 0.4) is 0 Å². The van der Waals surface area contributed by atoms with Crippen molar-refractivity contribution in [1.29, 1.82) is 0 Å². The molecule has 3 aromatic rings. The Morgan fingerprint density at radius 3 is 2.61 bits per heavy atom. The van der Waals surface area contributed by atoms with Gasteiger partial charge in [-0.25, -0.2) is 4.98 Å². The third-order valence-corrected chi connectivity index (χ3v) is 4.62. The molecular formula is C24H21ClF3N3O2. The number of alkyl halides is 3. The average Bonchev–Trinajstić information content (AvgIpc) is 3.27. The zero-order valence-electron chi connectivity index (χ0n) is 17.9. The summed E-state index contributed by atoms with van der Waals surface area (Å²) >= 11 is 5.85. The molecule has 0 aliphatic rings. The Morgan fingerprint density at radius 2 is 1.94 bits per heavy atom. The minimum Gasteiger partial charge on any atom is -0.493 e. The van der Waals surface area contributed by atoms with Gasteiger partial charge in [0.25, 0.3) is 0 Å². The van der Waals surface area contributed by atoms with Crippen molar-refractivity contribution in [3.8, 4) is 22.8 Å². The van der Waals surface area contributed by atoms with Crippen LogP contribution in [-0.2, 0) is 6.61 Å². The Labute approximate surface area is 194 Å². The molecule has 0 radical (unpaired) electrons. The number of imidazole rings is 1. The maximum atomic E-state index is 12.4. The smallest absolute Gasteiger partial charge is 0.409 e. The second-order valence-electron chi connectivity index (χ2n) is 6.79. The van der Waals surface area contributed by atoms with Gasteiger partial charge < -0.3 is 14.5 Å². The number of methoxy groups -OCH3 is 1. The maximum Gasteiger partial charge on any atom is 0.409 e. The van der Waals surface area contributed by atoms with Crippen LogP contribution >= 0.6 is 11.6 Å². The standard InChI is InChI=1S/C24H21ClF3N3O2/c1-3-5-16(6-4-11-24(26,27)28)23-30-14-20(31-23)17-7-10-21(22(12-17)32-2)33-15-19-9-8-18(25)13-29-19/h3-14H,15H2,1-2H3,(H,30,31)/b5-3-,11-4+,16-6+. The number of pyridine rings is 1. The minimum atomic E-state index is -4.38. The van der Waals surface area contributed by atoms with Crippen LogP contribution in [0.25, 0.3) is 16.8 Å². The number of rotatable bonds is 8. The summed E-state index contributed by atoms with van der Waals surface area (Å²) in [5.74, 6) is 1.47. The van der Waals surface area contributed by atoms with Gasteiger partial charge in [0.2, 0.25) is 0 Å². The van der Waals surface area contributed by atoms with Crippen LogP contribution in [0.2, 0.25) is 5.02 Å². The lowest BCUT2D eigenvalue weighted by molar-refractivity contribution is -0.0798. The largest absolute Gasteiger partial charge is 0.493 e. The van der Waals surface area contributed by atoms with E-state index in [1.807, 2.05) is 6.07 Å². The molecule has 0 amide bonds. The van der Waals surface area contributed by atoms with Crippen LogP contribution in [0, 0.1) is 0 Å². The molecule has 0 fully saturated rings. The van der Waals surface area contributed by atoms with E-state index in [2.05, 4.69) is 15.0 Å². The predicted octanol–water partition coefficient (Wildman–Crippen LogP) is 6.79. The molecule has 9 heteroatoms. The normalized spacial score (nSPS) is 12.6. The highest BCUT2D eigenvalue weighted by atomic mass is 35.5. The topological polar surface area (TPSA) is 60.0 Å². The molecule has 0 spiro atoms. The van der Waals surface area contributed by atoms with Crippen LogP contribution in [0.5, 0.6) is 11.5 Å². The number of benzene rings is 1. The molecule has 1 aromatic carbocycles. The molecular weight excluding hydrogens is 455 g/mol. The highest BCUT2D eigenvalue weighted by Crippen LogP contribution is 2.33. The molecule has 2 heterocycles. The molecule has 3 rings (SSSR count). The van der Waals surface area contributed by atoms with Gasteiger partial charge in [-0.3, -0.25) is 4.98 Å². The third kappa shape index (κ3) is 6.98. The van der Waals surface area contributed by atoms with Crippen molar-refractivity contribution in [1.82, 2.24) is 15.0 Å². The van der Waals surface area contributed by atoms with Crippen molar-refractivity contribution < 1.29 is 22.6 Å². The number of hydrogen-bond donors (Lipinski definition) is 1. The van der Waals surface area contributed by atoms with E-state index < -0.39 is 6.18 Å². The van der Waals surface area contributed by atoms with Crippen molar-refractivity contribution in [2.45, 2.75) is 19.7 Å². The Kier molecular flexibility index (Phi) is 7.95. The first-order chi connectivity index (χ1) is 15.8. The third-order valence-electron chi connectivity index (χ3n) is 4.40. The van der Waals surface area contributed by atoms with Crippen LogP contribution in [0.15, 0.2) is 73.1 Å². The number of allylic oxidation sites excluding steroid dienone is 6. The molecule has 1 N–H and O–H groups in total. The maximum absolute atomic E-state index is 12.4. The quantitative estimate of drug-likeness (QED) is 0.364. The summed E-state index contributed by atoms with van der Waals surface area (Å²) in [4.78, 5) is 11.6. The van der Waals surface area contributed by atoms with E-state index in [0.717, 1.165) is 11.6 Å². The highest BCUT2D eigenvalue weighted by molar-refractivity contribution is 6.30. The lowest BCUT2D eigenvalue weighted by Crippen LogP contribution is -2.00. The molecule has 0 bridgehead atoms. The van der Waals surface area contributed by atoms with Crippen molar-refractivity contribution in [3.05, 3.63) is 89.6 Å². The predicted molar refractivity (Wildman–Crippen MR) is 122 cm³/mol. The van der Waals surface area contributed by atoms with E-state index in [1.54, 1.807) is 55.7 Å². The van der Waals surface area contributed by atoms with Crippen LogP contribution < -0.4 is 9.47 Å². The number of ether oxygens (including phenoxy) is 2. The summed E-state index contributed by atoms with van der Waals surface area (Å²) in [6.45, 7) is 2.01. The number of H-pyrrole nitrogens is 1. The number of halogens is 4. The molecule has 33 heavy (non-hydrogen) atoms. The fourth-order valence-electron chi connectivity index (χ4n) is 2.87. The molecule has 0 aliphatic heterocycles. The Hall–Kier alpha value is -3.52. The molecule has 5 nitrogen and oxygen atoms in total. The summed E-state index contributed by atoms with van der Waals surface area (Å²) in [7, 11) is 1.53. The summed E-state index contributed by atoms with van der Waals surface area (Å²) in [5.41, 5.74) is 2.66. The van der Waals surface area contributed by atoms with Gasteiger partial charge in [0.05, 0.1) is 29.7 Å². The van der Waals surface area contributed by atoms with Gasteiger partial charge in [0.1, 0.15) is 12.4 Å². The number of hydrogen-bond acceptors (Lipinski definition) is 4. The molecule has 0 atom stereocenters. The van der Waals surface area contributed by atoms with Gasteiger partial charge in [-0.2, -0.15) is 13.2 Å². The second-order valence-corrected chi connectivity index (χ2v) is 7.23. The second kappa shape index (κ2) is 10.9. The van der Waals surface area contributed by atoms with Gasteiger partial charge in [-0.05, 0) is 37.3 Å². The SMILES string of the molecule is C\C=C/C(=C\C=C\C(F)(F)F)c1ncc(-c2ccc(OCc3ccc(Cl)cn3)c(OC)c2)[nH]1. The number of aromatic nitrogens is 3. The van der Waals surface area contributed by atoms with E-state index >= 15 is 0 Å². The molecule has 0 saturated heterocycles. The van der Waals surface area contributed by atoms with E-state index in [9.17, 15) is 13.2 Å². The van der Waals surface area contributed by atoms with Gasteiger partial charge in [0, 0.05) is 23.4 Å². The summed E-state index contributed by atoms with van der Waals surface area (Å²) < 4.78 is 48.5. The Morgan fingerprint density at radius 1 is 1.12 bits per heavy atom.